The Bertz CT molecular complexity index is 2200. The lowest BCUT2D eigenvalue weighted by molar-refractivity contribution is -0.121. The van der Waals surface area contributed by atoms with Crippen molar-refractivity contribution in [2.24, 2.45) is 0 Å². The van der Waals surface area contributed by atoms with Gasteiger partial charge >= 0.3 is 0 Å². The zero-order chi connectivity index (χ0) is 30.2. The number of aromatic amines is 1. The SMILES string of the molecule is C[C@@H](Nc1nnc(-c2ccccc2F)n(CC(=O)NCc2cc3cnccc3[nH]2)c1=O)c1ccc2oc3ccccc3c2c1. The second kappa shape index (κ2) is 11.1. The van der Waals surface area contributed by atoms with E-state index in [4.69, 9.17) is 4.42 Å². The summed E-state index contributed by atoms with van der Waals surface area (Å²) in [6.45, 7) is 1.70. The number of nitrogens with zero attached hydrogens (tertiary/aromatic N) is 4. The molecule has 7 rings (SSSR count). The summed E-state index contributed by atoms with van der Waals surface area (Å²) in [5.41, 5.74) is 3.56. The van der Waals surface area contributed by atoms with Crippen molar-refractivity contribution in [3.63, 3.8) is 0 Å². The van der Waals surface area contributed by atoms with E-state index in [1.807, 2.05) is 61.5 Å². The van der Waals surface area contributed by atoms with Crippen molar-refractivity contribution in [1.82, 2.24) is 30.0 Å². The zero-order valence-corrected chi connectivity index (χ0v) is 23.5. The van der Waals surface area contributed by atoms with Gasteiger partial charge in [-0.15, -0.1) is 10.2 Å². The Morgan fingerprint density at radius 2 is 1.82 bits per heavy atom. The second-order valence-electron chi connectivity index (χ2n) is 10.5. The summed E-state index contributed by atoms with van der Waals surface area (Å²) in [5, 5.41) is 17.1. The van der Waals surface area contributed by atoms with Gasteiger partial charge in [-0.3, -0.25) is 19.1 Å². The molecule has 7 aromatic rings. The summed E-state index contributed by atoms with van der Waals surface area (Å²) in [5.74, 6) is -1.16. The molecule has 0 aliphatic rings. The van der Waals surface area contributed by atoms with E-state index in [0.717, 1.165) is 48.7 Å². The molecule has 0 bridgehead atoms. The molecule has 0 spiro atoms. The number of H-pyrrole nitrogens is 1. The van der Waals surface area contributed by atoms with E-state index in [1.54, 1.807) is 18.5 Å². The number of nitrogens with one attached hydrogen (secondary N) is 3. The number of para-hydroxylation sites is 1. The lowest BCUT2D eigenvalue weighted by Crippen LogP contribution is -2.35. The van der Waals surface area contributed by atoms with Crippen molar-refractivity contribution in [3.8, 4) is 11.4 Å². The average Bonchev–Trinajstić information content (AvgIpc) is 3.63. The van der Waals surface area contributed by atoms with Gasteiger partial charge in [0.15, 0.2) is 5.82 Å². The van der Waals surface area contributed by atoms with Crippen LogP contribution in [0.1, 0.15) is 24.2 Å². The monoisotopic (exact) mass is 587 g/mol. The zero-order valence-electron chi connectivity index (χ0n) is 23.5. The lowest BCUT2D eigenvalue weighted by Gasteiger charge is -2.17. The van der Waals surface area contributed by atoms with Crippen molar-refractivity contribution in [2.75, 3.05) is 5.32 Å². The number of hydrogen-bond donors (Lipinski definition) is 3. The van der Waals surface area contributed by atoms with E-state index in [9.17, 15) is 14.0 Å². The van der Waals surface area contributed by atoms with Crippen molar-refractivity contribution in [1.29, 1.82) is 0 Å². The highest BCUT2D eigenvalue weighted by Gasteiger charge is 2.20. The lowest BCUT2D eigenvalue weighted by atomic mass is 10.0. The fourth-order valence-electron chi connectivity index (χ4n) is 5.32. The van der Waals surface area contributed by atoms with E-state index in [0.29, 0.717) is 0 Å². The molecule has 0 aliphatic heterocycles. The van der Waals surface area contributed by atoms with Crippen LogP contribution in [0.25, 0.3) is 44.2 Å². The minimum Gasteiger partial charge on any atom is -0.456 e. The molecule has 44 heavy (non-hydrogen) atoms. The molecule has 1 amide bonds. The smallest absolute Gasteiger partial charge is 0.297 e. The molecule has 4 heterocycles. The molecule has 0 saturated carbocycles. The van der Waals surface area contributed by atoms with Gasteiger partial charge in [-0.1, -0.05) is 36.4 Å². The molecule has 4 aromatic heterocycles. The van der Waals surface area contributed by atoms with E-state index < -0.39 is 23.8 Å². The van der Waals surface area contributed by atoms with Crippen molar-refractivity contribution in [2.45, 2.75) is 26.1 Å². The van der Waals surface area contributed by atoms with Crippen LogP contribution in [0.2, 0.25) is 0 Å². The van der Waals surface area contributed by atoms with Crippen LogP contribution in [0.4, 0.5) is 10.2 Å². The number of aromatic nitrogens is 5. The third-order valence-electron chi connectivity index (χ3n) is 7.57. The highest BCUT2D eigenvalue weighted by atomic mass is 19.1. The van der Waals surface area contributed by atoms with E-state index >= 15 is 0 Å². The quantitative estimate of drug-likeness (QED) is 0.208. The molecule has 3 N–H and O–H groups in total. The maximum atomic E-state index is 14.8. The molecule has 0 saturated heterocycles. The van der Waals surface area contributed by atoms with E-state index in [1.165, 1.54) is 18.2 Å². The number of pyridine rings is 1. The first-order chi connectivity index (χ1) is 21.4. The topological polar surface area (TPSA) is 131 Å². The Kier molecular flexibility index (Phi) is 6.82. The van der Waals surface area contributed by atoms with Gasteiger partial charge < -0.3 is 20.0 Å². The van der Waals surface area contributed by atoms with Crippen LogP contribution < -0.4 is 16.2 Å². The van der Waals surface area contributed by atoms with Gasteiger partial charge in [0.1, 0.15) is 23.5 Å². The molecular formula is C33H26FN7O3. The first kappa shape index (κ1) is 27.0. The number of halogens is 1. The van der Waals surface area contributed by atoms with Gasteiger partial charge in [-0.25, -0.2) is 4.39 Å². The predicted molar refractivity (Wildman–Crippen MR) is 165 cm³/mol. The van der Waals surface area contributed by atoms with Gasteiger partial charge in [0.2, 0.25) is 11.7 Å². The fraction of sp³-hybridized carbons (Fsp3) is 0.121. The van der Waals surface area contributed by atoms with Crippen molar-refractivity contribution >= 4 is 44.6 Å². The minimum atomic E-state index is -0.605. The van der Waals surface area contributed by atoms with Crippen LogP contribution >= 0.6 is 0 Å². The summed E-state index contributed by atoms with van der Waals surface area (Å²) in [6.07, 6.45) is 3.41. The van der Waals surface area contributed by atoms with Crippen LogP contribution in [0.3, 0.4) is 0 Å². The third-order valence-corrected chi connectivity index (χ3v) is 7.57. The summed E-state index contributed by atoms with van der Waals surface area (Å²) in [4.78, 5) is 34.2. The molecule has 0 fully saturated rings. The normalized spacial score (nSPS) is 12.1. The minimum absolute atomic E-state index is 0.0515. The number of fused-ring (bicyclic) bond motifs is 4. The highest BCUT2D eigenvalue weighted by molar-refractivity contribution is 6.05. The first-order valence-corrected chi connectivity index (χ1v) is 14.0. The predicted octanol–water partition coefficient (Wildman–Crippen LogP) is 5.71. The average molecular weight is 588 g/mol. The maximum absolute atomic E-state index is 14.8. The van der Waals surface area contributed by atoms with Crippen LogP contribution in [-0.2, 0) is 17.9 Å². The number of hydrogen-bond acceptors (Lipinski definition) is 7. The number of carbonyl (C=O) groups excluding carboxylic acids is 1. The number of rotatable bonds is 8. The number of furan rings is 1. The summed E-state index contributed by atoms with van der Waals surface area (Å²) in [7, 11) is 0. The van der Waals surface area contributed by atoms with Crippen molar-refractivity contribution < 1.29 is 13.6 Å². The Labute approximate surface area is 249 Å². The Morgan fingerprint density at radius 1 is 1.00 bits per heavy atom. The summed E-state index contributed by atoms with van der Waals surface area (Å²) < 4.78 is 21.9. The molecule has 1 atom stereocenters. The van der Waals surface area contributed by atoms with E-state index in [-0.39, 0.29) is 29.8 Å². The Hall–Kier alpha value is -5.84. The molecule has 0 unspecified atom stereocenters. The van der Waals surface area contributed by atoms with Crippen molar-refractivity contribution in [3.05, 3.63) is 119 Å². The largest absolute Gasteiger partial charge is 0.456 e. The molecule has 11 heteroatoms. The van der Waals surface area contributed by atoms with Crippen LogP contribution in [0.15, 0.2) is 100 Å². The molecule has 10 nitrogen and oxygen atoms in total. The second-order valence-corrected chi connectivity index (χ2v) is 10.5. The molecule has 0 aliphatic carbocycles. The molecule has 0 radical (unpaired) electrons. The number of carbonyl (C=O) groups is 1. The first-order valence-electron chi connectivity index (χ1n) is 14.0. The van der Waals surface area contributed by atoms with Crippen LogP contribution in [0.5, 0.6) is 0 Å². The van der Waals surface area contributed by atoms with Gasteiger partial charge in [-0.2, -0.15) is 0 Å². The fourth-order valence-corrected chi connectivity index (χ4v) is 5.32. The van der Waals surface area contributed by atoms with Gasteiger partial charge in [0, 0.05) is 39.8 Å². The molecule has 3 aromatic carbocycles. The van der Waals surface area contributed by atoms with Crippen LogP contribution in [0, 0.1) is 5.82 Å². The maximum Gasteiger partial charge on any atom is 0.297 e. The third kappa shape index (κ3) is 5.04. The van der Waals surface area contributed by atoms with Gasteiger partial charge in [-0.05, 0) is 55.0 Å². The van der Waals surface area contributed by atoms with Gasteiger partial charge in [0.05, 0.1) is 18.2 Å². The van der Waals surface area contributed by atoms with Gasteiger partial charge in [0.25, 0.3) is 5.56 Å². The molecule has 218 valence electrons. The number of amides is 1. The number of benzene rings is 3. The molecular weight excluding hydrogens is 561 g/mol. The Morgan fingerprint density at radius 3 is 2.68 bits per heavy atom. The number of anilines is 1. The van der Waals surface area contributed by atoms with E-state index in [2.05, 4.69) is 30.8 Å². The Balaban J connectivity index is 1.18. The standard InChI is InChI=1S/C33H26FN7O3/c1-19(20-10-11-29-25(15-20)23-6-3-5-9-28(23)44-29)37-31-33(43)41(32(40-39-31)24-7-2-4-8-26(24)34)18-30(42)36-17-22-14-21-16-35-13-12-27(21)38-22/h2-16,19,38H,17-18H2,1H3,(H,36,42)(H,37,39)/t19-/m1/s1. The summed E-state index contributed by atoms with van der Waals surface area (Å²) >= 11 is 0. The summed E-state index contributed by atoms with van der Waals surface area (Å²) in [6, 6.07) is 22.9. The van der Waals surface area contributed by atoms with Crippen LogP contribution in [-0.4, -0.2) is 30.6 Å². The highest BCUT2D eigenvalue weighted by Crippen LogP contribution is 2.31.